The number of carbonyl (C=O) groups is 2. The quantitative estimate of drug-likeness (QED) is 0.219. The van der Waals surface area contributed by atoms with E-state index in [1.807, 2.05) is 62.4 Å². The van der Waals surface area contributed by atoms with Crippen molar-refractivity contribution in [3.05, 3.63) is 101 Å². The first-order valence-electron chi connectivity index (χ1n) is 12.9. The third-order valence-electron chi connectivity index (χ3n) is 6.75. The number of carboxylic acid groups (broad SMARTS) is 1. The topological polar surface area (TPSA) is 68.5 Å². The van der Waals surface area contributed by atoms with Gasteiger partial charge in [-0.05, 0) is 74.1 Å². The van der Waals surface area contributed by atoms with E-state index in [1.54, 1.807) is 0 Å². The first kappa shape index (κ1) is 26.2. The van der Waals surface area contributed by atoms with Gasteiger partial charge in [0.1, 0.15) is 11.9 Å². The fraction of sp³-hybridized carbons (Fsp3) is 0.312. The zero-order valence-electron chi connectivity index (χ0n) is 22.0. The van der Waals surface area contributed by atoms with Gasteiger partial charge in [0.2, 0.25) is 0 Å². The number of hydrogen-bond donors (Lipinski definition) is 1. The number of carbonyl (C=O) groups excluding carboxylic acids is 1. The highest BCUT2D eigenvalue weighted by atomic mass is 16.5. The number of fused-ring (bicyclic) bond motifs is 1. The van der Waals surface area contributed by atoms with E-state index in [1.165, 1.54) is 5.56 Å². The summed E-state index contributed by atoms with van der Waals surface area (Å²) in [5, 5.41) is 9.91. The summed E-state index contributed by atoms with van der Waals surface area (Å²) in [6, 6.07) is 23.7. The molecule has 4 aromatic rings. The molecular weight excluding hydrogens is 462 g/mol. The summed E-state index contributed by atoms with van der Waals surface area (Å²) in [4.78, 5) is 24.6. The fourth-order valence-corrected chi connectivity index (χ4v) is 4.89. The Hall–Kier alpha value is -3.86. The molecule has 0 fully saturated rings. The minimum atomic E-state index is -0.815. The monoisotopic (exact) mass is 497 g/mol. The maximum Gasteiger partial charge on any atom is 0.303 e. The predicted octanol–water partition coefficient (Wildman–Crippen LogP) is 7.38. The van der Waals surface area contributed by atoms with Gasteiger partial charge in [-0.2, -0.15) is 0 Å². The minimum Gasteiger partial charge on any atom is -0.486 e. The van der Waals surface area contributed by atoms with Crippen molar-refractivity contribution in [2.45, 2.75) is 59.6 Å². The molecule has 192 valence electrons. The molecule has 0 spiro atoms. The Kier molecular flexibility index (Phi) is 8.12. The summed E-state index contributed by atoms with van der Waals surface area (Å²) in [7, 11) is 0. The van der Waals surface area contributed by atoms with Crippen molar-refractivity contribution < 1.29 is 19.4 Å². The molecule has 0 aliphatic rings. The SMILES string of the molecule is Cc1c(C(=O)c2ccc(O[C@H](C)c3ccc(CC(C)C)cc3)cc2)c2ccccc2n1CCCC(=O)O. The number of carboxylic acids is 1. The number of hydrogen-bond acceptors (Lipinski definition) is 3. The maximum absolute atomic E-state index is 13.6. The van der Waals surface area contributed by atoms with Gasteiger partial charge in [-0.1, -0.05) is 56.3 Å². The Morgan fingerprint density at radius 1 is 0.919 bits per heavy atom. The Morgan fingerprint density at radius 2 is 1.59 bits per heavy atom. The van der Waals surface area contributed by atoms with Gasteiger partial charge < -0.3 is 14.4 Å². The second kappa shape index (κ2) is 11.5. The molecule has 1 atom stereocenters. The minimum absolute atomic E-state index is 0.0500. The number of rotatable bonds is 11. The van der Waals surface area contributed by atoms with Crippen molar-refractivity contribution in [2.75, 3.05) is 0 Å². The second-order valence-electron chi connectivity index (χ2n) is 10.1. The maximum atomic E-state index is 13.6. The highest BCUT2D eigenvalue weighted by molar-refractivity contribution is 6.17. The molecule has 1 aromatic heterocycles. The summed E-state index contributed by atoms with van der Waals surface area (Å²) < 4.78 is 8.21. The van der Waals surface area contributed by atoms with E-state index in [9.17, 15) is 9.59 Å². The lowest BCUT2D eigenvalue weighted by Crippen LogP contribution is -2.07. The van der Waals surface area contributed by atoms with Crippen LogP contribution in [0, 0.1) is 12.8 Å². The van der Waals surface area contributed by atoms with Gasteiger partial charge in [0.05, 0.1) is 5.56 Å². The number of nitrogens with zero attached hydrogens (tertiary/aromatic N) is 1. The first-order chi connectivity index (χ1) is 17.7. The molecule has 4 rings (SSSR count). The third kappa shape index (κ3) is 6.11. The van der Waals surface area contributed by atoms with Crippen molar-refractivity contribution in [1.29, 1.82) is 0 Å². The summed E-state index contributed by atoms with van der Waals surface area (Å²) in [5.41, 5.74) is 5.49. The van der Waals surface area contributed by atoms with Crippen LogP contribution in [0.15, 0.2) is 72.8 Å². The van der Waals surface area contributed by atoms with Gasteiger partial charge >= 0.3 is 5.97 Å². The van der Waals surface area contributed by atoms with Crippen LogP contribution >= 0.6 is 0 Å². The summed E-state index contributed by atoms with van der Waals surface area (Å²) in [5.74, 6) is 0.470. The van der Waals surface area contributed by atoms with E-state index < -0.39 is 5.97 Å². The molecule has 5 heteroatoms. The number of aryl methyl sites for hydroxylation is 1. The van der Waals surface area contributed by atoms with Gasteiger partial charge in [-0.3, -0.25) is 9.59 Å². The molecule has 1 heterocycles. The van der Waals surface area contributed by atoms with Crippen LogP contribution in [0.1, 0.15) is 72.5 Å². The van der Waals surface area contributed by atoms with Crippen LogP contribution in [0.4, 0.5) is 0 Å². The van der Waals surface area contributed by atoms with Crippen molar-refractivity contribution >= 4 is 22.7 Å². The third-order valence-corrected chi connectivity index (χ3v) is 6.75. The van der Waals surface area contributed by atoms with Gasteiger partial charge in [0.15, 0.2) is 5.78 Å². The number of para-hydroxylation sites is 1. The number of aromatic nitrogens is 1. The molecule has 3 aromatic carbocycles. The summed E-state index contributed by atoms with van der Waals surface area (Å²) in [6.07, 6.45) is 1.55. The van der Waals surface area contributed by atoms with Crippen molar-refractivity contribution in [3.63, 3.8) is 0 Å². The molecule has 0 aliphatic carbocycles. The molecule has 37 heavy (non-hydrogen) atoms. The summed E-state index contributed by atoms with van der Waals surface area (Å²) >= 11 is 0. The van der Waals surface area contributed by atoms with E-state index in [4.69, 9.17) is 9.84 Å². The van der Waals surface area contributed by atoms with Gasteiger partial charge in [-0.25, -0.2) is 0 Å². The summed E-state index contributed by atoms with van der Waals surface area (Å²) in [6.45, 7) is 8.94. The van der Waals surface area contributed by atoms with E-state index in [0.717, 1.165) is 28.6 Å². The number of benzene rings is 3. The number of aliphatic carboxylic acids is 1. The van der Waals surface area contributed by atoms with Crippen LogP contribution in [0.5, 0.6) is 5.75 Å². The Morgan fingerprint density at radius 3 is 2.24 bits per heavy atom. The zero-order valence-corrected chi connectivity index (χ0v) is 22.0. The van der Waals surface area contributed by atoms with Crippen molar-refractivity contribution in [1.82, 2.24) is 4.57 Å². The van der Waals surface area contributed by atoms with Crippen molar-refractivity contribution in [2.24, 2.45) is 5.92 Å². The van der Waals surface area contributed by atoms with E-state index >= 15 is 0 Å². The molecule has 5 nitrogen and oxygen atoms in total. The number of ether oxygens (including phenoxy) is 1. The molecule has 0 radical (unpaired) electrons. The van der Waals surface area contributed by atoms with Gasteiger partial charge in [-0.15, -0.1) is 0 Å². The van der Waals surface area contributed by atoms with Crippen LogP contribution in [0.25, 0.3) is 10.9 Å². The average Bonchev–Trinajstić information content (AvgIpc) is 3.15. The standard InChI is InChI=1S/C32H35NO4/c1-21(2)20-24-11-13-25(14-12-24)23(4)37-27-17-15-26(16-18-27)32(36)31-22(3)33(19-7-10-30(34)35)29-9-6-5-8-28(29)31/h5-6,8-9,11-18,21,23H,7,10,19-20H2,1-4H3,(H,34,35)/t23-/m1/s1. The highest BCUT2D eigenvalue weighted by Crippen LogP contribution is 2.30. The average molecular weight is 498 g/mol. The molecular formula is C32H35NO4. The van der Waals surface area contributed by atoms with E-state index in [-0.39, 0.29) is 18.3 Å². The van der Waals surface area contributed by atoms with Crippen LogP contribution in [0.2, 0.25) is 0 Å². The Bertz CT molecular complexity index is 1380. The number of ketones is 1. The predicted molar refractivity (Wildman–Crippen MR) is 147 cm³/mol. The van der Waals surface area contributed by atoms with E-state index in [2.05, 4.69) is 42.7 Å². The lowest BCUT2D eigenvalue weighted by Gasteiger charge is -2.16. The van der Waals surface area contributed by atoms with Gasteiger partial charge in [0, 0.05) is 35.1 Å². The van der Waals surface area contributed by atoms with Crippen LogP contribution in [0.3, 0.4) is 0 Å². The molecule has 0 bridgehead atoms. The molecule has 0 amide bonds. The van der Waals surface area contributed by atoms with Crippen LogP contribution in [-0.4, -0.2) is 21.4 Å². The molecule has 0 saturated carbocycles. The van der Waals surface area contributed by atoms with Crippen LogP contribution in [-0.2, 0) is 17.8 Å². The molecule has 0 aliphatic heterocycles. The highest BCUT2D eigenvalue weighted by Gasteiger charge is 2.21. The second-order valence-corrected chi connectivity index (χ2v) is 10.1. The lowest BCUT2D eigenvalue weighted by atomic mass is 10.00. The normalized spacial score (nSPS) is 12.1. The largest absolute Gasteiger partial charge is 0.486 e. The zero-order chi connectivity index (χ0) is 26.5. The fourth-order valence-electron chi connectivity index (χ4n) is 4.89. The van der Waals surface area contributed by atoms with Crippen molar-refractivity contribution in [3.8, 4) is 5.75 Å². The molecule has 0 saturated heterocycles. The van der Waals surface area contributed by atoms with Gasteiger partial charge in [0.25, 0.3) is 0 Å². The Labute approximate surface area is 218 Å². The van der Waals surface area contributed by atoms with E-state index in [0.29, 0.717) is 35.8 Å². The molecule has 1 N–H and O–H groups in total. The smallest absolute Gasteiger partial charge is 0.303 e. The lowest BCUT2D eigenvalue weighted by molar-refractivity contribution is -0.137. The Balaban J connectivity index is 1.51. The first-order valence-corrected chi connectivity index (χ1v) is 12.9. The molecule has 0 unspecified atom stereocenters. The van der Waals surface area contributed by atoms with Crippen LogP contribution < -0.4 is 4.74 Å².